The number of fused-ring (bicyclic) bond motifs is 12. The minimum Gasteiger partial charge on any atom is -0.507 e. The van der Waals surface area contributed by atoms with E-state index in [-0.39, 0.29) is 81.8 Å². The van der Waals surface area contributed by atoms with Crippen molar-refractivity contribution in [3.8, 4) is 45.6 Å². The van der Waals surface area contributed by atoms with E-state index in [1.165, 1.54) is 89.0 Å². The molecule has 0 aromatic heterocycles. The van der Waals surface area contributed by atoms with Crippen LogP contribution in [0.5, 0.6) is 34.5 Å². The first-order valence-corrected chi connectivity index (χ1v) is 49.7. The molecule has 0 saturated heterocycles. The van der Waals surface area contributed by atoms with Crippen LogP contribution in [0.3, 0.4) is 0 Å². The molecular formula is C130H82N8O6. The van der Waals surface area contributed by atoms with Crippen LogP contribution < -0.4 is 0 Å². The largest absolute Gasteiger partial charge is 0.507 e. The molecule has 3 aliphatic heterocycles. The molecule has 15 aliphatic carbocycles. The van der Waals surface area contributed by atoms with Crippen LogP contribution in [0.4, 0.5) is 45.5 Å². The third-order valence-corrected chi connectivity index (χ3v) is 34.3. The molecule has 0 radical (unpaired) electrons. The summed E-state index contributed by atoms with van der Waals surface area (Å²) < 4.78 is 0. The molecule has 4 atom stereocenters. The van der Waals surface area contributed by atoms with Gasteiger partial charge in [-0.2, -0.15) is 0 Å². The molecule has 18 aliphatic rings. The molecule has 4 unspecified atom stereocenters. The molecule has 6 N–H and O–H groups in total. The van der Waals surface area contributed by atoms with Crippen molar-refractivity contribution in [1.82, 2.24) is 0 Å². The van der Waals surface area contributed by atoms with Gasteiger partial charge in [0, 0.05) is 183 Å². The summed E-state index contributed by atoms with van der Waals surface area (Å²) in [5.41, 5.74) is 52.5. The summed E-state index contributed by atoms with van der Waals surface area (Å²) >= 11 is 0. The maximum absolute atomic E-state index is 12.6. The van der Waals surface area contributed by atoms with E-state index in [1.54, 1.807) is 37.3 Å². The number of hydrogen-bond acceptors (Lipinski definition) is 14. The van der Waals surface area contributed by atoms with Crippen LogP contribution in [-0.4, -0.2) is 80.4 Å². The zero-order valence-corrected chi connectivity index (χ0v) is 77.5. The van der Waals surface area contributed by atoms with E-state index in [4.69, 9.17) is 39.9 Å². The van der Waals surface area contributed by atoms with E-state index in [0.717, 1.165) is 179 Å². The summed E-state index contributed by atoms with van der Waals surface area (Å²) in [5.74, 6) is -0.704. The highest BCUT2D eigenvalue weighted by Crippen LogP contribution is 2.64. The fourth-order valence-corrected chi connectivity index (χ4v) is 27.5. The summed E-state index contributed by atoms with van der Waals surface area (Å²) in [6.07, 6.45) is 17.1. The number of nitrogens with zero attached hydrogens (tertiary/aromatic N) is 8. The van der Waals surface area contributed by atoms with Crippen LogP contribution in [0.15, 0.2) is 331 Å². The Hall–Kier alpha value is -17.9. The van der Waals surface area contributed by atoms with Gasteiger partial charge in [-0.1, -0.05) is 133 Å². The summed E-state index contributed by atoms with van der Waals surface area (Å²) in [6, 6.07) is 105. The molecule has 14 nitrogen and oxygen atoms in total. The minimum absolute atomic E-state index is 0.0847. The third kappa shape index (κ3) is 11.5. The van der Waals surface area contributed by atoms with Gasteiger partial charge in [-0.15, -0.1) is 0 Å². The highest BCUT2D eigenvalue weighted by molar-refractivity contribution is 5.96. The lowest BCUT2D eigenvalue weighted by molar-refractivity contribution is 0.458. The highest BCUT2D eigenvalue weighted by atomic mass is 16.3. The fraction of sp³-hybridized carbons (Fsp3) is 0.108. The lowest BCUT2D eigenvalue weighted by atomic mass is 9.60. The van der Waals surface area contributed by atoms with Gasteiger partial charge in [-0.25, -0.2) is 0 Å². The van der Waals surface area contributed by atoms with Crippen molar-refractivity contribution in [3.63, 3.8) is 0 Å². The van der Waals surface area contributed by atoms with Gasteiger partial charge >= 0.3 is 0 Å². The Bertz CT molecular complexity index is 8800. The summed E-state index contributed by atoms with van der Waals surface area (Å²) in [7, 11) is 0. The molecule has 0 amide bonds. The fourth-order valence-electron chi connectivity index (χ4n) is 27.5. The second-order valence-electron chi connectivity index (χ2n) is 41.4. The van der Waals surface area contributed by atoms with E-state index < -0.39 is 0 Å². The van der Waals surface area contributed by atoms with Crippen molar-refractivity contribution >= 4 is 95.2 Å². The lowest BCUT2D eigenvalue weighted by Crippen LogP contribution is -2.28. The maximum Gasteiger partial charge on any atom is 0.128 e. The third-order valence-electron chi connectivity index (χ3n) is 34.3. The monoisotopic (exact) mass is 1850 g/mol. The molecule has 18 aromatic rings. The molecule has 0 saturated carbocycles. The molecular weight excluding hydrogens is 1770 g/mol. The van der Waals surface area contributed by atoms with Crippen LogP contribution in [0.1, 0.15) is 292 Å². The quantitative estimate of drug-likeness (QED) is 0.0866. The average Bonchev–Trinajstić information content (AvgIpc) is 0.709. The Morgan fingerprint density at radius 2 is 0.312 bits per heavy atom. The molecule has 36 rings (SSSR count). The standard InChI is InChI=1S/C130H82N8O6/c139-125-73-9-3-67-39-69-5-11-75(127(141)101(69)52-99(67)125)59-135-83-21-33-95-113(48-83)123-111-44-79-17-29-93(111)119(95)97-35-23-85(50-115(97)123)137-61-77-13-7-71-41-72-8-14-78(130(144)104(72)54-103(71)129(77)143)62-138-86-24-36-98-116(51-86)124-112-45-80-18-30-94(112)120(98)96-34-22-84(49-114(96)124)136-60-76-12-6-70-40-68-4-10-74(126(140)100(68)53-102(70)128(76)142)58-134-82-20-32-92-110(47-82)122-108-43-66(16-28-90(108)118(92)91-31-19-81(133-57-73)46-109(91)122)65-15-27-89-107(42-65)121-105-37-63(55-131-79)1-25-87(105)117(89)88-26-2-64(56-132-80)38-106(88)121/h1-38,42-51,55-62,117-124,139-144H,39-41,52-54H2. The first-order chi connectivity index (χ1) is 70.7. The van der Waals surface area contributed by atoms with Gasteiger partial charge in [0.05, 0.1) is 45.5 Å². The van der Waals surface area contributed by atoms with Crippen molar-refractivity contribution in [2.24, 2.45) is 39.9 Å². The van der Waals surface area contributed by atoms with E-state index in [0.29, 0.717) is 71.9 Å². The van der Waals surface area contributed by atoms with Crippen LogP contribution >= 0.6 is 0 Å². The van der Waals surface area contributed by atoms with E-state index in [2.05, 4.69) is 255 Å². The number of rotatable bonds is 0. The van der Waals surface area contributed by atoms with Gasteiger partial charge in [-0.05, 0) is 366 Å². The predicted molar refractivity (Wildman–Crippen MR) is 567 cm³/mol. The highest BCUT2D eigenvalue weighted by Gasteiger charge is 2.48. The van der Waals surface area contributed by atoms with Crippen molar-refractivity contribution in [2.45, 2.75) is 85.9 Å². The van der Waals surface area contributed by atoms with Crippen molar-refractivity contribution in [3.05, 3.63) is 536 Å². The van der Waals surface area contributed by atoms with Crippen molar-refractivity contribution < 1.29 is 30.6 Å². The Morgan fingerprint density at radius 3 is 0.521 bits per heavy atom. The van der Waals surface area contributed by atoms with Crippen LogP contribution in [0.25, 0.3) is 11.1 Å². The lowest BCUT2D eigenvalue weighted by Gasteiger charge is -2.43. The van der Waals surface area contributed by atoms with E-state index in [1.807, 2.05) is 48.8 Å². The molecule has 144 heavy (non-hydrogen) atoms. The normalized spacial score (nSPS) is 19.0. The minimum atomic E-state index is -0.262. The Labute approximate surface area is 827 Å². The molecule has 44 bridgehead atoms. The van der Waals surface area contributed by atoms with Crippen LogP contribution in [0, 0.1) is 0 Å². The predicted octanol–water partition coefficient (Wildman–Crippen LogP) is 27.0. The van der Waals surface area contributed by atoms with E-state index >= 15 is 0 Å². The Balaban J connectivity index is 0.604. The van der Waals surface area contributed by atoms with Crippen LogP contribution in [-0.2, 0) is 38.5 Å². The van der Waals surface area contributed by atoms with Crippen LogP contribution in [0.2, 0.25) is 0 Å². The number of aromatic hydroxyl groups is 6. The number of aliphatic imine (C=N–C) groups is 8. The van der Waals surface area contributed by atoms with Gasteiger partial charge in [0.2, 0.25) is 0 Å². The summed E-state index contributed by atoms with van der Waals surface area (Å²) in [5, 5.41) is 75.3. The Morgan fingerprint density at radius 1 is 0.146 bits per heavy atom. The zero-order valence-electron chi connectivity index (χ0n) is 77.5. The number of hydrogen-bond donors (Lipinski definition) is 6. The summed E-state index contributed by atoms with van der Waals surface area (Å²) in [4.78, 5) is 42.4. The molecule has 14 heteroatoms. The average molecular weight is 1850 g/mol. The SMILES string of the molecule is Oc1c2ccc3c1Cc1c(ccc(c1O)C=Nc1ccc4c(c1)C1c5cc6ccc5C4c4ccc(cc41)N=Cc1ccc4c(c1O)Cc1c(ccc(c1O)C=Nc1ccc5c(c1)C1c7cc8ccc7C5c5ccc(cc51)-c1ccc5c(c1)C1c7cc(ccc7C5c5ccc(cc51)C=N6)C=Nc1ccc5c(c1)C1c6cc(ccc6C5c5ccc(cc51)N=Cc1ccc5c(c1O)Cc1c(ccc(c1O)C=N8)C5)N=C2)C4)C3. The van der Waals surface area contributed by atoms with Gasteiger partial charge in [0.25, 0.3) is 0 Å². The smallest absolute Gasteiger partial charge is 0.128 e. The number of phenols is 6. The summed E-state index contributed by atoms with van der Waals surface area (Å²) in [6.45, 7) is 0. The first kappa shape index (κ1) is 80.0. The Kier molecular flexibility index (Phi) is 16.3. The molecule has 18 aromatic carbocycles. The van der Waals surface area contributed by atoms with Gasteiger partial charge in [-0.3, -0.25) is 39.9 Å². The maximum atomic E-state index is 12.6. The second kappa shape index (κ2) is 29.4. The molecule has 0 spiro atoms. The molecule has 0 fully saturated rings. The molecule has 678 valence electrons. The zero-order chi connectivity index (χ0) is 94.8. The second-order valence-corrected chi connectivity index (χ2v) is 41.4. The topological polar surface area (TPSA) is 220 Å². The van der Waals surface area contributed by atoms with Crippen molar-refractivity contribution in [1.29, 1.82) is 0 Å². The van der Waals surface area contributed by atoms with E-state index in [9.17, 15) is 30.6 Å². The van der Waals surface area contributed by atoms with Gasteiger partial charge in [0.15, 0.2) is 0 Å². The van der Waals surface area contributed by atoms with Gasteiger partial charge in [0.1, 0.15) is 34.5 Å². The number of benzene rings is 18. The molecule has 3 heterocycles. The van der Waals surface area contributed by atoms with Gasteiger partial charge < -0.3 is 30.6 Å². The number of phenolic OH excluding ortho intramolecular Hbond substituents is 6. The van der Waals surface area contributed by atoms with Crippen molar-refractivity contribution in [2.75, 3.05) is 0 Å². The first-order valence-electron chi connectivity index (χ1n) is 49.7.